The second-order valence-corrected chi connectivity index (χ2v) is 12.1. The van der Waals surface area contributed by atoms with E-state index in [1.54, 1.807) is 31.1 Å². The second kappa shape index (κ2) is 11.5. The van der Waals surface area contributed by atoms with Crippen molar-refractivity contribution in [2.75, 3.05) is 50.5 Å². The highest BCUT2D eigenvalue weighted by atomic mass is 32.2. The Labute approximate surface area is 221 Å². The van der Waals surface area contributed by atoms with Crippen molar-refractivity contribution in [3.05, 3.63) is 48.2 Å². The van der Waals surface area contributed by atoms with Gasteiger partial charge in [-0.25, -0.2) is 13.4 Å². The van der Waals surface area contributed by atoms with Crippen molar-refractivity contribution >= 4 is 27.4 Å². The molecule has 208 valence electrons. The third kappa shape index (κ3) is 6.76. The summed E-state index contributed by atoms with van der Waals surface area (Å²) in [5, 5.41) is 3.11. The van der Waals surface area contributed by atoms with E-state index in [0.717, 1.165) is 43.9 Å². The first-order valence-corrected chi connectivity index (χ1v) is 14.2. The molecule has 0 saturated carbocycles. The van der Waals surface area contributed by atoms with Gasteiger partial charge in [0.05, 0.1) is 10.5 Å². The number of carbonyl (C=O) groups is 1. The molecule has 2 aliphatic rings. The van der Waals surface area contributed by atoms with Crippen LogP contribution in [0.15, 0.2) is 47.5 Å². The summed E-state index contributed by atoms with van der Waals surface area (Å²) < 4.78 is 66.1. The molecule has 2 saturated heterocycles. The van der Waals surface area contributed by atoms with Crippen LogP contribution in [-0.2, 0) is 21.0 Å². The SMILES string of the molecule is CN(C)C(=O)CC1CCN(c2ccc(S(=O)(=O)N3CCC(Nc4ccc(C(F)(F)F)cn4)CC3)cc2)CC1. The number of pyridine rings is 1. The van der Waals surface area contributed by atoms with E-state index in [2.05, 4.69) is 15.2 Å². The van der Waals surface area contributed by atoms with Gasteiger partial charge in [-0.3, -0.25) is 4.79 Å². The molecule has 1 amide bonds. The first-order valence-electron chi connectivity index (χ1n) is 12.8. The van der Waals surface area contributed by atoms with Gasteiger partial charge in [-0.15, -0.1) is 0 Å². The van der Waals surface area contributed by atoms with Gasteiger partial charge in [-0.05, 0) is 68.0 Å². The van der Waals surface area contributed by atoms with Gasteiger partial charge >= 0.3 is 6.18 Å². The lowest BCUT2D eigenvalue weighted by Gasteiger charge is -2.34. The number of rotatable bonds is 7. The number of halogens is 3. The second-order valence-electron chi connectivity index (χ2n) is 10.2. The number of amides is 1. The Morgan fingerprint density at radius 1 is 1.00 bits per heavy atom. The first-order chi connectivity index (χ1) is 17.9. The Morgan fingerprint density at radius 2 is 1.63 bits per heavy atom. The van der Waals surface area contributed by atoms with E-state index < -0.39 is 21.8 Å². The smallest absolute Gasteiger partial charge is 0.372 e. The third-order valence-corrected chi connectivity index (χ3v) is 9.23. The lowest BCUT2D eigenvalue weighted by molar-refractivity contribution is -0.137. The van der Waals surface area contributed by atoms with E-state index in [0.29, 0.717) is 44.1 Å². The van der Waals surface area contributed by atoms with E-state index in [9.17, 15) is 26.4 Å². The van der Waals surface area contributed by atoms with E-state index in [1.165, 1.54) is 10.4 Å². The van der Waals surface area contributed by atoms with Crippen LogP contribution in [-0.4, -0.2) is 74.8 Å². The fourth-order valence-corrected chi connectivity index (χ4v) is 6.37. The van der Waals surface area contributed by atoms with Crippen LogP contribution in [0, 0.1) is 5.92 Å². The summed E-state index contributed by atoms with van der Waals surface area (Å²) in [6.07, 6.45) is -0.204. The molecule has 8 nitrogen and oxygen atoms in total. The molecule has 0 atom stereocenters. The Hall–Kier alpha value is -2.86. The molecule has 12 heteroatoms. The van der Waals surface area contributed by atoms with E-state index in [1.807, 2.05) is 12.1 Å². The highest BCUT2D eigenvalue weighted by Gasteiger charge is 2.32. The average molecular weight is 554 g/mol. The quantitative estimate of drug-likeness (QED) is 0.557. The number of alkyl halides is 3. The van der Waals surface area contributed by atoms with Crippen LogP contribution >= 0.6 is 0 Å². The number of aromatic nitrogens is 1. The molecule has 38 heavy (non-hydrogen) atoms. The number of benzene rings is 1. The minimum Gasteiger partial charge on any atom is -0.372 e. The molecule has 2 fully saturated rings. The summed E-state index contributed by atoms with van der Waals surface area (Å²) in [5.74, 6) is 0.852. The molecule has 0 bridgehead atoms. The minimum atomic E-state index is -4.44. The number of sulfonamides is 1. The normalized spacial score (nSPS) is 18.4. The largest absolute Gasteiger partial charge is 0.417 e. The van der Waals surface area contributed by atoms with Crippen LogP contribution in [0.5, 0.6) is 0 Å². The maximum absolute atomic E-state index is 13.2. The molecule has 0 spiro atoms. The van der Waals surface area contributed by atoms with Gasteiger partial charge in [0.15, 0.2) is 0 Å². The number of anilines is 2. The van der Waals surface area contributed by atoms with Crippen LogP contribution in [0.2, 0.25) is 0 Å². The zero-order valence-electron chi connectivity index (χ0n) is 21.6. The minimum absolute atomic E-state index is 0.0796. The van der Waals surface area contributed by atoms with E-state index in [-0.39, 0.29) is 16.8 Å². The molecule has 0 aliphatic carbocycles. The van der Waals surface area contributed by atoms with Crippen molar-refractivity contribution in [2.24, 2.45) is 5.92 Å². The number of nitrogens with one attached hydrogen (secondary N) is 1. The lowest BCUT2D eigenvalue weighted by atomic mass is 9.93. The van der Waals surface area contributed by atoms with Gasteiger partial charge in [-0.2, -0.15) is 17.5 Å². The molecule has 1 aromatic carbocycles. The summed E-state index contributed by atoms with van der Waals surface area (Å²) >= 11 is 0. The number of hydrogen-bond donors (Lipinski definition) is 1. The van der Waals surface area contributed by atoms with Crippen molar-refractivity contribution < 1.29 is 26.4 Å². The van der Waals surface area contributed by atoms with Gasteiger partial charge < -0.3 is 15.1 Å². The maximum Gasteiger partial charge on any atom is 0.417 e. The molecular formula is C26H34F3N5O3S. The molecule has 0 radical (unpaired) electrons. The van der Waals surface area contributed by atoms with Crippen molar-refractivity contribution in [2.45, 2.75) is 49.2 Å². The lowest BCUT2D eigenvalue weighted by Crippen LogP contribution is -2.42. The van der Waals surface area contributed by atoms with Crippen molar-refractivity contribution in [3.63, 3.8) is 0 Å². The monoisotopic (exact) mass is 553 g/mol. The summed E-state index contributed by atoms with van der Waals surface area (Å²) in [5.41, 5.74) is 0.157. The fourth-order valence-electron chi connectivity index (χ4n) is 4.90. The fraction of sp³-hybridized carbons (Fsp3) is 0.538. The highest BCUT2D eigenvalue weighted by molar-refractivity contribution is 7.89. The molecule has 2 aromatic rings. The predicted octanol–water partition coefficient (Wildman–Crippen LogP) is 4.06. The van der Waals surface area contributed by atoms with Crippen LogP contribution in [0.1, 0.15) is 37.7 Å². The number of carbonyl (C=O) groups excluding carboxylic acids is 1. The average Bonchev–Trinajstić information content (AvgIpc) is 2.89. The standard InChI is InChI=1S/C26H34F3N5O3S/c1-32(2)25(35)17-19-9-13-33(14-10-19)22-4-6-23(7-5-22)38(36,37)34-15-11-21(12-16-34)31-24-8-3-20(18-30-24)26(27,28)29/h3-8,18-19,21H,9-17H2,1-2H3,(H,30,31). The predicted molar refractivity (Wildman–Crippen MR) is 139 cm³/mol. The highest BCUT2D eigenvalue weighted by Crippen LogP contribution is 2.30. The van der Waals surface area contributed by atoms with E-state index >= 15 is 0 Å². The third-order valence-electron chi connectivity index (χ3n) is 7.31. The summed E-state index contributed by atoms with van der Waals surface area (Å²) in [6.45, 7) is 2.26. The number of hydrogen-bond acceptors (Lipinski definition) is 6. The van der Waals surface area contributed by atoms with Crippen LogP contribution in [0.25, 0.3) is 0 Å². The Kier molecular flexibility index (Phi) is 8.51. The van der Waals surface area contributed by atoms with Gasteiger partial charge in [0.1, 0.15) is 5.82 Å². The zero-order chi connectivity index (χ0) is 27.5. The molecule has 2 aliphatic heterocycles. The molecular weight excluding hydrogens is 519 g/mol. The number of piperidine rings is 2. The molecule has 1 aromatic heterocycles. The molecule has 4 rings (SSSR count). The van der Waals surface area contributed by atoms with Crippen molar-refractivity contribution in [1.29, 1.82) is 0 Å². The Morgan fingerprint density at radius 3 is 2.16 bits per heavy atom. The van der Waals surface area contributed by atoms with Crippen molar-refractivity contribution in [1.82, 2.24) is 14.2 Å². The van der Waals surface area contributed by atoms with Crippen LogP contribution in [0.3, 0.4) is 0 Å². The maximum atomic E-state index is 13.2. The van der Waals surface area contributed by atoms with Crippen LogP contribution in [0.4, 0.5) is 24.7 Å². The van der Waals surface area contributed by atoms with Gasteiger partial charge in [0, 0.05) is 64.6 Å². The summed E-state index contributed by atoms with van der Waals surface area (Å²) in [4.78, 5) is 19.9. The van der Waals surface area contributed by atoms with E-state index in [4.69, 9.17) is 0 Å². The van der Waals surface area contributed by atoms with Crippen molar-refractivity contribution in [3.8, 4) is 0 Å². The summed E-state index contributed by atoms with van der Waals surface area (Å²) in [7, 11) is -0.112. The molecule has 0 unspecified atom stereocenters. The van der Waals surface area contributed by atoms with Gasteiger partial charge in [0.2, 0.25) is 15.9 Å². The van der Waals surface area contributed by atoms with Crippen LogP contribution < -0.4 is 10.2 Å². The molecule has 1 N–H and O–H groups in total. The Bertz CT molecular complexity index is 1190. The zero-order valence-corrected chi connectivity index (χ0v) is 22.4. The van der Waals surface area contributed by atoms with Gasteiger partial charge in [0.25, 0.3) is 0 Å². The topological polar surface area (TPSA) is 85.9 Å². The van der Waals surface area contributed by atoms with Gasteiger partial charge in [-0.1, -0.05) is 0 Å². The first kappa shape index (κ1) is 28.2. The summed E-state index contributed by atoms with van der Waals surface area (Å²) in [6, 6.07) is 9.15. The number of nitrogens with zero attached hydrogens (tertiary/aromatic N) is 4. The Balaban J connectivity index is 1.28. The molecule has 3 heterocycles.